The van der Waals surface area contributed by atoms with Crippen LogP contribution in [-0.4, -0.2) is 17.7 Å². The van der Waals surface area contributed by atoms with Crippen molar-refractivity contribution < 1.29 is 14.4 Å². The van der Waals surface area contributed by atoms with Gasteiger partial charge in [-0.3, -0.25) is 19.7 Å². The molecule has 1 aliphatic rings. The minimum absolute atomic E-state index is 0.225. The number of rotatable bonds is 5. The Hall–Kier alpha value is -2.99. The van der Waals surface area contributed by atoms with E-state index in [4.69, 9.17) is 5.73 Å². The molecule has 0 radical (unpaired) electrons. The molecule has 2 aromatic carbocycles. The molecule has 2 atom stereocenters. The van der Waals surface area contributed by atoms with Crippen LogP contribution in [0.15, 0.2) is 48.5 Å². The molecule has 3 amide bonds. The minimum atomic E-state index is -0.747. The van der Waals surface area contributed by atoms with Gasteiger partial charge in [-0.05, 0) is 36.6 Å². The molecule has 6 nitrogen and oxygen atoms in total. The second-order valence-corrected chi connectivity index (χ2v) is 6.59. The summed E-state index contributed by atoms with van der Waals surface area (Å²) in [6.07, 6.45) is 0.720. The van der Waals surface area contributed by atoms with Gasteiger partial charge >= 0.3 is 0 Å². The second kappa shape index (κ2) is 7.49. The zero-order valence-electron chi connectivity index (χ0n) is 14.5. The number of hydrogen-bond acceptors (Lipinski definition) is 4. The standard InChI is InChI=1S/C20H21N3O3/c1-12-2-6-14(7-3-12)18(21)20(26)22-16-8-4-13(5-9-16)10-15-11-17(24)23-19(15)25/h2-9,15,18H,10-11,21H2,1H3,(H,22,26)(H,23,24,25). The molecule has 134 valence electrons. The van der Waals surface area contributed by atoms with Crippen molar-refractivity contribution in [2.45, 2.75) is 25.8 Å². The van der Waals surface area contributed by atoms with Crippen molar-refractivity contribution in [1.29, 1.82) is 0 Å². The number of amides is 3. The number of nitrogens with one attached hydrogen (secondary N) is 2. The van der Waals surface area contributed by atoms with Crippen molar-refractivity contribution in [3.63, 3.8) is 0 Å². The monoisotopic (exact) mass is 351 g/mol. The third-order valence-corrected chi connectivity index (χ3v) is 4.49. The molecule has 1 fully saturated rings. The number of carbonyl (C=O) groups excluding carboxylic acids is 3. The van der Waals surface area contributed by atoms with Gasteiger partial charge in [0.15, 0.2) is 0 Å². The topological polar surface area (TPSA) is 101 Å². The zero-order valence-corrected chi connectivity index (χ0v) is 14.5. The quantitative estimate of drug-likeness (QED) is 0.715. The summed E-state index contributed by atoms with van der Waals surface area (Å²) < 4.78 is 0. The maximum Gasteiger partial charge on any atom is 0.245 e. The summed E-state index contributed by atoms with van der Waals surface area (Å²) in [6.45, 7) is 1.97. The summed E-state index contributed by atoms with van der Waals surface area (Å²) in [6, 6.07) is 14.0. The molecule has 0 spiro atoms. The normalized spacial score (nSPS) is 17.7. The molecule has 1 saturated heterocycles. The smallest absolute Gasteiger partial charge is 0.245 e. The molecule has 6 heteroatoms. The van der Waals surface area contributed by atoms with Crippen LogP contribution in [0.25, 0.3) is 0 Å². The summed E-state index contributed by atoms with van der Waals surface area (Å²) in [4.78, 5) is 35.2. The van der Waals surface area contributed by atoms with Crippen molar-refractivity contribution in [2.24, 2.45) is 11.7 Å². The molecular weight excluding hydrogens is 330 g/mol. The van der Waals surface area contributed by atoms with Gasteiger partial charge in [-0.15, -0.1) is 0 Å². The Morgan fingerprint density at radius 3 is 2.38 bits per heavy atom. The Labute approximate surface area is 151 Å². The molecule has 26 heavy (non-hydrogen) atoms. The lowest BCUT2D eigenvalue weighted by atomic mass is 9.98. The van der Waals surface area contributed by atoms with Gasteiger partial charge in [0.05, 0.1) is 5.92 Å². The Morgan fingerprint density at radius 1 is 1.15 bits per heavy atom. The van der Waals surface area contributed by atoms with E-state index < -0.39 is 6.04 Å². The van der Waals surface area contributed by atoms with E-state index >= 15 is 0 Å². The van der Waals surface area contributed by atoms with Crippen LogP contribution in [0.5, 0.6) is 0 Å². The Morgan fingerprint density at radius 2 is 1.81 bits per heavy atom. The van der Waals surface area contributed by atoms with E-state index in [9.17, 15) is 14.4 Å². The molecule has 3 rings (SSSR count). The summed E-state index contributed by atoms with van der Waals surface area (Å²) >= 11 is 0. The van der Waals surface area contributed by atoms with Gasteiger partial charge in [-0.25, -0.2) is 0 Å². The van der Waals surface area contributed by atoms with Crippen LogP contribution in [0.4, 0.5) is 5.69 Å². The lowest BCUT2D eigenvalue weighted by molar-refractivity contribution is -0.125. The Kier molecular flexibility index (Phi) is 5.14. The summed E-state index contributed by atoms with van der Waals surface area (Å²) in [5.41, 5.74) is 9.44. The van der Waals surface area contributed by atoms with E-state index in [0.717, 1.165) is 16.7 Å². The number of benzene rings is 2. The molecular formula is C20H21N3O3. The van der Waals surface area contributed by atoms with Crippen LogP contribution in [0.3, 0.4) is 0 Å². The lowest BCUT2D eigenvalue weighted by Gasteiger charge is -2.13. The predicted molar refractivity (Wildman–Crippen MR) is 98.1 cm³/mol. The van der Waals surface area contributed by atoms with Crippen LogP contribution in [0, 0.1) is 12.8 Å². The van der Waals surface area contributed by atoms with Gasteiger partial charge in [0.25, 0.3) is 0 Å². The van der Waals surface area contributed by atoms with E-state index in [1.807, 2.05) is 43.3 Å². The number of imide groups is 1. The third-order valence-electron chi connectivity index (χ3n) is 4.49. The average molecular weight is 351 g/mol. The van der Waals surface area contributed by atoms with Gasteiger partial charge < -0.3 is 11.1 Å². The van der Waals surface area contributed by atoms with Gasteiger partial charge in [0.1, 0.15) is 6.04 Å². The molecule has 2 aromatic rings. The van der Waals surface area contributed by atoms with Crippen molar-refractivity contribution in [3.05, 3.63) is 65.2 Å². The maximum atomic E-state index is 12.3. The number of nitrogens with two attached hydrogens (primary N) is 1. The average Bonchev–Trinajstić information content (AvgIpc) is 2.94. The first kappa shape index (κ1) is 17.8. The highest BCUT2D eigenvalue weighted by molar-refractivity contribution is 6.03. The van der Waals surface area contributed by atoms with Crippen molar-refractivity contribution in [2.75, 3.05) is 5.32 Å². The van der Waals surface area contributed by atoms with Crippen molar-refractivity contribution >= 4 is 23.4 Å². The first-order valence-electron chi connectivity index (χ1n) is 8.48. The van der Waals surface area contributed by atoms with Gasteiger partial charge in [-0.2, -0.15) is 0 Å². The van der Waals surface area contributed by atoms with E-state index in [-0.39, 0.29) is 30.1 Å². The van der Waals surface area contributed by atoms with Gasteiger partial charge in [0.2, 0.25) is 17.7 Å². The molecule has 1 aliphatic heterocycles. The number of hydrogen-bond donors (Lipinski definition) is 3. The number of anilines is 1. The lowest BCUT2D eigenvalue weighted by Crippen LogP contribution is -2.27. The Bertz CT molecular complexity index is 828. The van der Waals surface area contributed by atoms with Crippen LogP contribution in [-0.2, 0) is 20.8 Å². The highest BCUT2D eigenvalue weighted by Gasteiger charge is 2.30. The van der Waals surface area contributed by atoms with Crippen LogP contribution in [0.2, 0.25) is 0 Å². The molecule has 0 aromatic heterocycles. The van der Waals surface area contributed by atoms with E-state index in [1.165, 1.54) is 0 Å². The van der Waals surface area contributed by atoms with Crippen LogP contribution >= 0.6 is 0 Å². The van der Waals surface area contributed by atoms with E-state index in [0.29, 0.717) is 12.1 Å². The highest BCUT2D eigenvalue weighted by atomic mass is 16.2. The SMILES string of the molecule is Cc1ccc(C(N)C(=O)Nc2ccc(CC3CC(=O)NC3=O)cc2)cc1. The van der Waals surface area contributed by atoms with Crippen LogP contribution in [0.1, 0.15) is 29.2 Å². The molecule has 1 heterocycles. The van der Waals surface area contributed by atoms with Crippen molar-refractivity contribution in [3.8, 4) is 0 Å². The third kappa shape index (κ3) is 4.15. The summed E-state index contributed by atoms with van der Waals surface area (Å²) in [7, 11) is 0. The van der Waals surface area contributed by atoms with Crippen molar-refractivity contribution in [1.82, 2.24) is 5.32 Å². The Balaban J connectivity index is 1.60. The molecule has 0 aliphatic carbocycles. The molecule has 4 N–H and O–H groups in total. The number of aryl methyl sites for hydroxylation is 1. The second-order valence-electron chi connectivity index (χ2n) is 6.59. The fraction of sp³-hybridized carbons (Fsp3) is 0.250. The van der Waals surface area contributed by atoms with E-state index in [1.54, 1.807) is 12.1 Å². The fourth-order valence-electron chi connectivity index (χ4n) is 2.93. The van der Waals surface area contributed by atoms with E-state index in [2.05, 4.69) is 10.6 Å². The molecule has 0 bridgehead atoms. The first-order valence-corrected chi connectivity index (χ1v) is 8.48. The zero-order chi connectivity index (χ0) is 18.7. The molecule has 2 unspecified atom stereocenters. The van der Waals surface area contributed by atoms with Crippen LogP contribution < -0.4 is 16.4 Å². The first-order chi connectivity index (χ1) is 12.4. The fourth-order valence-corrected chi connectivity index (χ4v) is 2.93. The molecule has 0 saturated carbocycles. The maximum absolute atomic E-state index is 12.3. The predicted octanol–water partition coefficient (Wildman–Crippen LogP) is 1.84. The minimum Gasteiger partial charge on any atom is -0.324 e. The summed E-state index contributed by atoms with van der Waals surface area (Å²) in [5, 5.41) is 5.10. The summed E-state index contributed by atoms with van der Waals surface area (Å²) in [5.74, 6) is -1.06. The largest absolute Gasteiger partial charge is 0.324 e. The van der Waals surface area contributed by atoms with Gasteiger partial charge in [0, 0.05) is 12.1 Å². The van der Waals surface area contributed by atoms with Gasteiger partial charge in [-0.1, -0.05) is 42.0 Å². The number of carbonyl (C=O) groups is 3. The highest BCUT2D eigenvalue weighted by Crippen LogP contribution is 2.20.